The fourth-order valence-corrected chi connectivity index (χ4v) is 5.61. The summed E-state index contributed by atoms with van der Waals surface area (Å²) >= 11 is 0. The number of aromatic nitrogens is 2. The molecule has 5 nitrogen and oxygen atoms in total. The van der Waals surface area contributed by atoms with E-state index in [1.54, 1.807) is 0 Å². The van der Waals surface area contributed by atoms with Crippen LogP contribution in [0.25, 0.3) is 43.7 Å². The Morgan fingerprint density at radius 3 is 2.79 bits per heavy atom. The fraction of sp³-hybridized carbons (Fsp3) is 0.310. The van der Waals surface area contributed by atoms with Crippen LogP contribution in [0.2, 0.25) is 0 Å². The number of ether oxygens (including phenoxy) is 1. The number of nitrogens with one attached hydrogen (secondary N) is 1. The van der Waals surface area contributed by atoms with E-state index in [4.69, 9.17) is 4.74 Å². The quantitative estimate of drug-likeness (QED) is 0.267. The van der Waals surface area contributed by atoms with E-state index in [9.17, 15) is 10.2 Å². The van der Waals surface area contributed by atoms with Gasteiger partial charge in [-0.15, -0.1) is 0 Å². The monoisotopic (exact) mass is 454 g/mol. The number of aliphatic hydroxyl groups is 1. The molecule has 0 aliphatic heterocycles. The van der Waals surface area contributed by atoms with Gasteiger partial charge in [0.15, 0.2) is 5.88 Å². The van der Waals surface area contributed by atoms with Gasteiger partial charge in [0, 0.05) is 53.0 Å². The SMILES string of the molecule is CC[C@H](C)OCc1ccc2c(c1)c1c3c[nH]c(O)c3c3c(c1n2CCCO)Cc1ccccc1-3. The molecule has 1 aliphatic rings. The summed E-state index contributed by atoms with van der Waals surface area (Å²) in [6.07, 6.45) is 4.67. The van der Waals surface area contributed by atoms with Crippen molar-refractivity contribution in [2.24, 2.45) is 0 Å². The lowest BCUT2D eigenvalue weighted by atomic mass is 9.96. The molecule has 34 heavy (non-hydrogen) atoms. The van der Waals surface area contributed by atoms with Gasteiger partial charge in [0.25, 0.3) is 0 Å². The first-order valence-corrected chi connectivity index (χ1v) is 12.2. The highest BCUT2D eigenvalue weighted by Crippen LogP contribution is 2.50. The van der Waals surface area contributed by atoms with E-state index in [0.29, 0.717) is 13.0 Å². The van der Waals surface area contributed by atoms with E-state index in [1.807, 2.05) is 6.20 Å². The second-order valence-corrected chi connectivity index (χ2v) is 9.45. The maximum atomic E-state index is 10.9. The van der Waals surface area contributed by atoms with Crippen molar-refractivity contribution >= 4 is 32.6 Å². The minimum atomic E-state index is 0.150. The van der Waals surface area contributed by atoms with Crippen LogP contribution in [0, 0.1) is 0 Å². The highest BCUT2D eigenvalue weighted by molar-refractivity contribution is 6.27. The van der Waals surface area contributed by atoms with Gasteiger partial charge in [-0.1, -0.05) is 37.3 Å². The number of fused-ring (bicyclic) bond motifs is 10. The van der Waals surface area contributed by atoms with E-state index >= 15 is 0 Å². The largest absolute Gasteiger partial charge is 0.494 e. The Morgan fingerprint density at radius 2 is 1.97 bits per heavy atom. The van der Waals surface area contributed by atoms with E-state index < -0.39 is 0 Å². The van der Waals surface area contributed by atoms with E-state index in [1.165, 1.54) is 27.6 Å². The molecule has 0 fully saturated rings. The summed E-state index contributed by atoms with van der Waals surface area (Å²) in [7, 11) is 0. The second-order valence-electron chi connectivity index (χ2n) is 9.45. The molecule has 3 N–H and O–H groups in total. The number of aryl methyl sites for hydroxylation is 1. The van der Waals surface area contributed by atoms with Gasteiger partial charge in [-0.2, -0.15) is 0 Å². The predicted molar refractivity (Wildman–Crippen MR) is 137 cm³/mol. The molecule has 0 bridgehead atoms. The van der Waals surface area contributed by atoms with Gasteiger partial charge in [0.1, 0.15) is 0 Å². The summed E-state index contributed by atoms with van der Waals surface area (Å²) < 4.78 is 8.40. The first kappa shape index (κ1) is 21.3. The molecule has 0 spiro atoms. The first-order chi connectivity index (χ1) is 16.6. The van der Waals surface area contributed by atoms with E-state index in [2.05, 4.69) is 65.9 Å². The molecule has 0 saturated heterocycles. The van der Waals surface area contributed by atoms with Crippen LogP contribution in [0.3, 0.4) is 0 Å². The van der Waals surface area contributed by atoms with Gasteiger partial charge in [-0.3, -0.25) is 0 Å². The molecule has 174 valence electrons. The third-order valence-corrected chi connectivity index (χ3v) is 7.40. The number of aliphatic hydroxyl groups excluding tert-OH is 1. The van der Waals surface area contributed by atoms with Crippen molar-refractivity contribution in [3.05, 3.63) is 65.4 Å². The first-order valence-electron chi connectivity index (χ1n) is 12.2. The lowest BCUT2D eigenvalue weighted by molar-refractivity contribution is 0.0509. The van der Waals surface area contributed by atoms with Crippen LogP contribution in [-0.4, -0.2) is 32.5 Å². The van der Waals surface area contributed by atoms with Crippen molar-refractivity contribution in [1.29, 1.82) is 0 Å². The third-order valence-electron chi connectivity index (χ3n) is 7.40. The number of aromatic hydroxyl groups is 1. The molecule has 0 saturated carbocycles. The highest BCUT2D eigenvalue weighted by atomic mass is 16.5. The number of H-pyrrole nitrogens is 1. The Labute approximate surface area is 198 Å². The Bertz CT molecular complexity index is 1540. The zero-order chi connectivity index (χ0) is 23.4. The minimum absolute atomic E-state index is 0.150. The van der Waals surface area contributed by atoms with Gasteiger partial charge in [0.2, 0.25) is 0 Å². The lowest BCUT2D eigenvalue weighted by Crippen LogP contribution is -2.06. The van der Waals surface area contributed by atoms with Crippen LogP contribution in [0.5, 0.6) is 5.88 Å². The maximum Gasteiger partial charge on any atom is 0.197 e. The van der Waals surface area contributed by atoms with Crippen LogP contribution in [0.1, 0.15) is 43.4 Å². The van der Waals surface area contributed by atoms with Crippen molar-refractivity contribution in [2.75, 3.05) is 6.61 Å². The van der Waals surface area contributed by atoms with Gasteiger partial charge in [0.05, 0.1) is 23.6 Å². The lowest BCUT2D eigenvalue weighted by Gasteiger charge is -2.12. The Balaban J connectivity index is 1.69. The van der Waals surface area contributed by atoms with Gasteiger partial charge in [-0.25, -0.2) is 0 Å². The molecule has 0 unspecified atom stereocenters. The maximum absolute atomic E-state index is 10.9. The summed E-state index contributed by atoms with van der Waals surface area (Å²) in [5, 5.41) is 24.8. The summed E-state index contributed by atoms with van der Waals surface area (Å²) in [5.41, 5.74) is 8.37. The van der Waals surface area contributed by atoms with Crippen molar-refractivity contribution in [3.63, 3.8) is 0 Å². The molecule has 5 heteroatoms. The van der Waals surface area contributed by atoms with Gasteiger partial charge >= 0.3 is 0 Å². The smallest absolute Gasteiger partial charge is 0.197 e. The number of aromatic amines is 1. The normalized spacial score (nSPS) is 13.7. The number of benzene rings is 3. The average molecular weight is 455 g/mol. The number of nitrogens with zero attached hydrogens (tertiary/aromatic N) is 1. The molecule has 0 radical (unpaired) electrons. The second kappa shape index (κ2) is 8.19. The third kappa shape index (κ3) is 3.07. The van der Waals surface area contributed by atoms with Gasteiger partial charge in [-0.05, 0) is 54.2 Å². The number of hydrogen-bond acceptors (Lipinski definition) is 3. The van der Waals surface area contributed by atoms with Crippen molar-refractivity contribution in [3.8, 4) is 17.0 Å². The molecule has 6 rings (SSSR count). The zero-order valence-electron chi connectivity index (χ0n) is 19.7. The van der Waals surface area contributed by atoms with Crippen LogP contribution < -0.4 is 0 Å². The molecule has 2 heterocycles. The summed E-state index contributed by atoms with van der Waals surface area (Å²) in [4.78, 5) is 3.09. The van der Waals surface area contributed by atoms with Crippen molar-refractivity contribution in [1.82, 2.24) is 9.55 Å². The van der Waals surface area contributed by atoms with E-state index in [0.717, 1.165) is 52.2 Å². The van der Waals surface area contributed by atoms with Crippen LogP contribution in [0.15, 0.2) is 48.7 Å². The summed E-state index contributed by atoms with van der Waals surface area (Å²) in [6, 6.07) is 15.1. The highest BCUT2D eigenvalue weighted by Gasteiger charge is 2.29. The predicted octanol–water partition coefficient (Wildman–Crippen LogP) is 6.25. The Morgan fingerprint density at radius 1 is 1.12 bits per heavy atom. The Hall–Kier alpha value is -3.28. The molecule has 1 aliphatic carbocycles. The average Bonchev–Trinajstić information content (AvgIpc) is 3.52. The summed E-state index contributed by atoms with van der Waals surface area (Å²) in [6.45, 7) is 5.70. The molecule has 2 aromatic heterocycles. The van der Waals surface area contributed by atoms with Crippen LogP contribution >= 0.6 is 0 Å². The minimum Gasteiger partial charge on any atom is -0.494 e. The molecule has 1 atom stereocenters. The molecular weight excluding hydrogens is 424 g/mol. The number of rotatable bonds is 7. The standard InChI is InChI=1S/C29H30N2O3/c1-3-17(2)34-16-18-9-10-24-21(13-18)26-23-15-30-29(33)27(23)25-20-8-5-4-7-19(20)14-22(25)28(26)31(24)11-6-12-32/h4-5,7-10,13,15,17,30,32-33H,3,6,11-12,14,16H2,1-2H3/t17-/m0/s1. The van der Waals surface area contributed by atoms with E-state index in [-0.39, 0.29) is 18.6 Å². The molecular formula is C29H30N2O3. The van der Waals surface area contributed by atoms with Crippen molar-refractivity contribution in [2.45, 2.75) is 52.4 Å². The van der Waals surface area contributed by atoms with Crippen LogP contribution in [-0.2, 0) is 24.3 Å². The Kier molecular flexibility index (Phi) is 5.12. The fourth-order valence-electron chi connectivity index (χ4n) is 5.61. The number of hydrogen-bond donors (Lipinski definition) is 3. The molecule has 5 aromatic rings. The van der Waals surface area contributed by atoms with Crippen molar-refractivity contribution < 1.29 is 14.9 Å². The topological polar surface area (TPSA) is 70.4 Å². The van der Waals surface area contributed by atoms with Gasteiger partial charge < -0.3 is 24.5 Å². The zero-order valence-corrected chi connectivity index (χ0v) is 19.7. The molecule has 0 amide bonds. The molecule has 3 aromatic carbocycles. The summed E-state index contributed by atoms with van der Waals surface area (Å²) in [5.74, 6) is 0.220. The van der Waals surface area contributed by atoms with Crippen LogP contribution in [0.4, 0.5) is 0 Å².